The maximum Gasteiger partial charge on any atom is 0.417 e. The van der Waals surface area contributed by atoms with Gasteiger partial charge in [-0.15, -0.1) is 0 Å². The summed E-state index contributed by atoms with van der Waals surface area (Å²) in [6.45, 7) is 5.62. The minimum absolute atomic E-state index is 0.235. The summed E-state index contributed by atoms with van der Waals surface area (Å²) < 4.78 is 41.4. The molecule has 0 radical (unpaired) electrons. The van der Waals surface area contributed by atoms with Gasteiger partial charge in [0.05, 0.1) is 22.3 Å². The third-order valence-corrected chi connectivity index (χ3v) is 5.00. The molecule has 0 aliphatic carbocycles. The van der Waals surface area contributed by atoms with E-state index in [4.69, 9.17) is 0 Å². The Balaban J connectivity index is 1.77. The molecule has 1 amide bonds. The zero-order chi connectivity index (χ0) is 22.3. The van der Waals surface area contributed by atoms with Crippen molar-refractivity contribution in [2.75, 3.05) is 5.32 Å². The van der Waals surface area contributed by atoms with Gasteiger partial charge < -0.3 is 5.32 Å². The van der Waals surface area contributed by atoms with Crippen molar-refractivity contribution in [3.63, 3.8) is 0 Å². The Morgan fingerprint density at radius 2 is 1.71 bits per heavy atom. The van der Waals surface area contributed by atoms with E-state index >= 15 is 0 Å². The van der Waals surface area contributed by atoms with Gasteiger partial charge in [0.2, 0.25) is 0 Å². The number of pyridine rings is 1. The molecule has 0 spiro atoms. The van der Waals surface area contributed by atoms with Crippen LogP contribution in [-0.4, -0.2) is 20.7 Å². The molecule has 1 N–H and O–H groups in total. The van der Waals surface area contributed by atoms with Crippen molar-refractivity contribution < 1.29 is 18.0 Å². The quantitative estimate of drug-likeness (QED) is 0.465. The molecule has 0 aliphatic heterocycles. The van der Waals surface area contributed by atoms with Gasteiger partial charge in [-0.25, -0.2) is 4.98 Å². The van der Waals surface area contributed by atoms with Gasteiger partial charge in [0.1, 0.15) is 5.82 Å². The van der Waals surface area contributed by atoms with E-state index < -0.39 is 23.2 Å². The molecule has 158 valence electrons. The van der Waals surface area contributed by atoms with Crippen LogP contribution >= 0.6 is 0 Å². The highest BCUT2D eigenvalue weighted by atomic mass is 19.4. The van der Waals surface area contributed by atoms with Crippen molar-refractivity contribution in [3.05, 3.63) is 82.5 Å². The van der Waals surface area contributed by atoms with Gasteiger partial charge in [-0.2, -0.15) is 23.0 Å². The first-order valence-electron chi connectivity index (χ1n) is 9.57. The summed E-state index contributed by atoms with van der Waals surface area (Å²) >= 11 is 0. The lowest BCUT2D eigenvalue weighted by Crippen LogP contribution is -2.20. The van der Waals surface area contributed by atoms with Crippen LogP contribution in [0.15, 0.2) is 54.6 Å². The number of benzene rings is 2. The number of aryl methyl sites for hydroxylation is 3. The van der Waals surface area contributed by atoms with Crippen LogP contribution in [0.3, 0.4) is 0 Å². The number of carbonyl (C=O) groups excluding carboxylic acids is 1. The van der Waals surface area contributed by atoms with E-state index in [2.05, 4.69) is 15.4 Å². The summed E-state index contributed by atoms with van der Waals surface area (Å²) in [7, 11) is 0. The van der Waals surface area contributed by atoms with Crippen molar-refractivity contribution in [2.24, 2.45) is 0 Å². The molecule has 0 bridgehead atoms. The van der Waals surface area contributed by atoms with E-state index in [1.165, 1.54) is 16.8 Å². The minimum atomic E-state index is -4.64. The molecule has 0 atom stereocenters. The molecule has 0 saturated carbocycles. The number of para-hydroxylation sites is 1. The van der Waals surface area contributed by atoms with Crippen LogP contribution in [0.5, 0.6) is 0 Å². The van der Waals surface area contributed by atoms with Crippen molar-refractivity contribution in [3.8, 4) is 5.82 Å². The summed E-state index contributed by atoms with van der Waals surface area (Å²) in [5.41, 5.74) is 1.88. The number of nitrogens with zero attached hydrogens (tertiary/aromatic N) is 3. The van der Waals surface area contributed by atoms with Gasteiger partial charge in [0.15, 0.2) is 5.82 Å². The third-order valence-electron chi connectivity index (χ3n) is 5.00. The van der Waals surface area contributed by atoms with E-state index in [9.17, 15) is 18.0 Å². The van der Waals surface area contributed by atoms with Crippen molar-refractivity contribution in [2.45, 2.75) is 26.9 Å². The molecule has 2 aromatic carbocycles. The van der Waals surface area contributed by atoms with Gasteiger partial charge in [-0.05, 0) is 50.1 Å². The predicted molar refractivity (Wildman–Crippen MR) is 112 cm³/mol. The maximum absolute atomic E-state index is 13.3. The number of hydrogen-bond acceptors (Lipinski definition) is 3. The molecule has 8 heteroatoms. The first kappa shape index (κ1) is 20.6. The number of amides is 1. The standard InChI is InChI=1S/C23H19F3N4O/c1-13-7-6-9-16-14(2)11-19(27-21(13)16)30-20(12-15(3)29-30)28-22(31)17-8-4-5-10-18(17)23(24,25)26/h4-12H,1-3H3,(H,28,31). The molecular formula is C23H19F3N4O. The molecule has 0 fully saturated rings. The zero-order valence-electron chi connectivity index (χ0n) is 17.1. The molecule has 31 heavy (non-hydrogen) atoms. The highest BCUT2D eigenvalue weighted by molar-refractivity contribution is 6.05. The van der Waals surface area contributed by atoms with Gasteiger partial charge in [0, 0.05) is 11.5 Å². The second kappa shape index (κ2) is 7.54. The highest BCUT2D eigenvalue weighted by Crippen LogP contribution is 2.32. The summed E-state index contributed by atoms with van der Waals surface area (Å²) in [5.74, 6) is -0.172. The molecule has 4 aromatic rings. The molecule has 5 nitrogen and oxygen atoms in total. The second-order valence-corrected chi connectivity index (χ2v) is 7.35. The molecule has 2 heterocycles. The fraction of sp³-hybridized carbons (Fsp3) is 0.174. The number of alkyl halides is 3. The van der Waals surface area contributed by atoms with Crippen LogP contribution in [0.25, 0.3) is 16.7 Å². The Hall–Kier alpha value is -3.68. The summed E-state index contributed by atoms with van der Waals surface area (Å²) in [4.78, 5) is 17.4. The topological polar surface area (TPSA) is 59.8 Å². The molecule has 4 rings (SSSR count). The third kappa shape index (κ3) is 3.88. The number of hydrogen-bond donors (Lipinski definition) is 1. The summed E-state index contributed by atoms with van der Waals surface area (Å²) in [6, 6.07) is 14.0. The Morgan fingerprint density at radius 3 is 2.45 bits per heavy atom. The number of carbonyl (C=O) groups is 1. The average Bonchev–Trinajstić information content (AvgIpc) is 3.08. The minimum Gasteiger partial charge on any atom is -0.306 e. The second-order valence-electron chi connectivity index (χ2n) is 7.35. The smallest absolute Gasteiger partial charge is 0.306 e. The fourth-order valence-electron chi connectivity index (χ4n) is 3.53. The first-order valence-corrected chi connectivity index (χ1v) is 9.57. The van der Waals surface area contributed by atoms with Gasteiger partial charge in [0.25, 0.3) is 5.91 Å². The Bertz CT molecular complexity index is 1310. The van der Waals surface area contributed by atoms with Crippen LogP contribution in [0.4, 0.5) is 19.0 Å². The molecule has 2 aromatic heterocycles. The van der Waals surface area contributed by atoms with E-state index in [0.717, 1.165) is 34.2 Å². The van der Waals surface area contributed by atoms with Crippen molar-refractivity contribution in [1.29, 1.82) is 0 Å². The average molecular weight is 424 g/mol. The molecular weight excluding hydrogens is 405 g/mol. The largest absolute Gasteiger partial charge is 0.417 e. The van der Waals surface area contributed by atoms with Crippen molar-refractivity contribution in [1.82, 2.24) is 14.8 Å². The molecule has 0 saturated heterocycles. The highest BCUT2D eigenvalue weighted by Gasteiger charge is 2.35. The van der Waals surface area contributed by atoms with E-state index in [0.29, 0.717) is 11.5 Å². The normalized spacial score (nSPS) is 11.7. The lowest BCUT2D eigenvalue weighted by atomic mass is 10.1. The lowest BCUT2D eigenvalue weighted by Gasteiger charge is -2.14. The Labute approximate surface area is 176 Å². The predicted octanol–water partition coefficient (Wildman–Crippen LogP) is 5.62. The molecule has 0 aliphatic rings. The van der Waals surface area contributed by atoms with Crippen LogP contribution in [0.2, 0.25) is 0 Å². The van der Waals surface area contributed by atoms with Crippen LogP contribution in [0.1, 0.15) is 32.7 Å². The van der Waals surface area contributed by atoms with Crippen LogP contribution in [0, 0.1) is 20.8 Å². The fourth-order valence-corrected chi connectivity index (χ4v) is 3.53. The monoisotopic (exact) mass is 424 g/mol. The summed E-state index contributed by atoms with van der Waals surface area (Å²) in [5, 5.41) is 7.95. The Kier molecular flexibility index (Phi) is 5.00. The van der Waals surface area contributed by atoms with Crippen LogP contribution in [-0.2, 0) is 6.18 Å². The van der Waals surface area contributed by atoms with Gasteiger partial charge in [-0.3, -0.25) is 4.79 Å². The number of rotatable bonds is 3. The van der Waals surface area contributed by atoms with Gasteiger partial charge in [-0.1, -0.05) is 30.3 Å². The van der Waals surface area contributed by atoms with E-state index in [1.807, 2.05) is 38.1 Å². The number of fused-ring (bicyclic) bond motifs is 1. The van der Waals surface area contributed by atoms with Crippen LogP contribution < -0.4 is 5.32 Å². The van der Waals surface area contributed by atoms with Crippen molar-refractivity contribution >= 4 is 22.6 Å². The first-order chi connectivity index (χ1) is 14.6. The molecule has 0 unspecified atom stereocenters. The summed E-state index contributed by atoms with van der Waals surface area (Å²) in [6.07, 6.45) is -4.64. The number of anilines is 1. The Morgan fingerprint density at radius 1 is 0.968 bits per heavy atom. The number of aromatic nitrogens is 3. The number of nitrogens with one attached hydrogen (secondary N) is 1. The SMILES string of the molecule is Cc1cc(NC(=O)c2ccccc2C(F)(F)F)n(-c2cc(C)c3cccc(C)c3n2)n1. The maximum atomic E-state index is 13.3. The zero-order valence-corrected chi connectivity index (χ0v) is 17.1. The van der Waals surface area contributed by atoms with Gasteiger partial charge >= 0.3 is 6.18 Å². The lowest BCUT2D eigenvalue weighted by molar-refractivity contribution is -0.137. The van der Waals surface area contributed by atoms with E-state index in [1.54, 1.807) is 13.0 Å². The van der Waals surface area contributed by atoms with E-state index in [-0.39, 0.29) is 5.82 Å². The number of halogens is 3.